The van der Waals surface area contributed by atoms with Crippen molar-refractivity contribution in [2.24, 2.45) is 0 Å². The summed E-state index contributed by atoms with van der Waals surface area (Å²) in [6.07, 6.45) is 0. The van der Waals surface area contributed by atoms with E-state index < -0.39 is 5.91 Å². The smallest absolute Gasteiger partial charge is 0.259 e. The number of rotatable bonds is 5. The summed E-state index contributed by atoms with van der Waals surface area (Å²) in [5, 5.41) is 12.5. The van der Waals surface area contributed by atoms with Crippen LogP contribution in [-0.4, -0.2) is 28.0 Å². The van der Waals surface area contributed by atoms with E-state index in [1.807, 2.05) is 12.1 Å². The van der Waals surface area contributed by atoms with Crippen LogP contribution in [0.25, 0.3) is 16.7 Å². The van der Waals surface area contributed by atoms with Gasteiger partial charge < -0.3 is 10.1 Å². The Kier molecular flexibility index (Phi) is 5.85. The standard InChI is InChI=1S/C23H20Cl2N4O2/c1-13(2)14-4-7-17(8-5-14)29-27-20-9-6-16(12-21(20)28-29)26-23(30)18-10-15(24)11-19(25)22(18)31-3/h4-13H,1-3H3,(H,26,30). The number of nitrogens with zero attached hydrogens (tertiary/aromatic N) is 3. The lowest BCUT2D eigenvalue weighted by Crippen LogP contribution is -2.13. The highest BCUT2D eigenvalue weighted by Gasteiger charge is 2.17. The molecule has 0 aliphatic carbocycles. The first-order valence-electron chi connectivity index (χ1n) is 9.67. The number of amides is 1. The number of methoxy groups -OCH3 is 1. The summed E-state index contributed by atoms with van der Waals surface area (Å²) in [5.41, 5.74) is 4.30. The highest BCUT2D eigenvalue weighted by molar-refractivity contribution is 6.36. The molecule has 6 nitrogen and oxygen atoms in total. The Hall–Kier alpha value is -3.09. The number of ether oxygens (including phenoxy) is 1. The van der Waals surface area contributed by atoms with Gasteiger partial charge in [-0.15, -0.1) is 10.2 Å². The Morgan fingerprint density at radius 3 is 2.39 bits per heavy atom. The van der Waals surface area contributed by atoms with Gasteiger partial charge in [-0.2, -0.15) is 4.80 Å². The van der Waals surface area contributed by atoms with Crippen LogP contribution in [0.2, 0.25) is 10.0 Å². The second-order valence-electron chi connectivity index (χ2n) is 7.36. The number of halogens is 2. The van der Waals surface area contributed by atoms with Crippen LogP contribution < -0.4 is 10.1 Å². The van der Waals surface area contributed by atoms with E-state index in [0.717, 1.165) is 5.69 Å². The molecule has 31 heavy (non-hydrogen) atoms. The van der Waals surface area contributed by atoms with E-state index in [9.17, 15) is 4.79 Å². The summed E-state index contributed by atoms with van der Waals surface area (Å²) >= 11 is 12.2. The number of hydrogen-bond donors (Lipinski definition) is 1. The molecule has 0 spiro atoms. The molecule has 0 fully saturated rings. The number of nitrogens with one attached hydrogen (secondary N) is 1. The maximum Gasteiger partial charge on any atom is 0.259 e. The molecule has 0 saturated carbocycles. The molecule has 4 aromatic rings. The fourth-order valence-corrected chi connectivity index (χ4v) is 3.81. The summed E-state index contributed by atoms with van der Waals surface area (Å²) in [7, 11) is 1.45. The van der Waals surface area contributed by atoms with E-state index in [-0.39, 0.29) is 16.3 Å². The molecule has 4 rings (SSSR count). The van der Waals surface area contributed by atoms with Gasteiger partial charge >= 0.3 is 0 Å². The van der Waals surface area contributed by atoms with Crippen LogP contribution >= 0.6 is 23.2 Å². The van der Waals surface area contributed by atoms with Gasteiger partial charge in [0.2, 0.25) is 0 Å². The Morgan fingerprint density at radius 1 is 1.00 bits per heavy atom. The Morgan fingerprint density at radius 2 is 1.71 bits per heavy atom. The Balaban J connectivity index is 1.61. The lowest BCUT2D eigenvalue weighted by molar-refractivity contribution is 0.102. The summed E-state index contributed by atoms with van der Waals surface area (Å²) in [4.78, 5) is 14.4. The predicted molar refractivity (Wildman–Crippen MR) is 124 cm³/mol. The van der Waals surface area contributed by atoms with Gasteiger partial charge in [-0.3, -0.25) is 4.79 Å². The first-order valence-corrected chi connectivity index (χ1v) is 10.4. The van der Waals surface area contributed by atoms with Gasteiger partial charge in [-0.25, -0.2) is 0 Å². The van der Waals surface area contributed by atoms with E-state index in [2.05, 4.69) is 41.5 Å². The van der Waals surface area contributed by atoms with Crippen molar-refractivity contribution in [3.8, 4) is 11.4 Å². The number of anilines is 1. The van der Waals surface area contributed by atoms with Crippen molar-refractivity contribution in [3.63, 3.8) is 0 Å². The zero-order chi connectivity index (χ0) is 22.1. The molecule has 0 aliphatic rings. The minimum Gasteiger partial charge on any atom is -0.494 e. The first-order chi connectivity index (χ1) is 14.9. The second kappa shape index (κ2) is 8.57. The van der Waals surface area contributed by atoms with Crippen LogP contribution in [0.1, 0.15) is 35.7 Å². The summed E-state index contributed by atoms with van der Waals surface area (Å²) in [5.74, 6) is 0.329. The number of fused-ring (bicyclic) bond motifs is 1. The maximum absolute atomic E-state index is 12.8. The lowest BCUT2D eigenvalue weighted by Gasteiger charge is -2.11. The van der Waals surface area contributed by atoms with Gasteiger partial charge in [0.15, 0.2) is 0 Å². The predicted octanol–water partition coefficient (Wildman–Crippen LogP) is 6.11. The molecule has 0 unspecified atom stereocenters. The molecule has 1 heterocycles. The molecule has 0 saturated heterocycles. The molecular formula is C23H20Cl2N4O2. The zero-order valence-corrected chi connectivity index (χ0v) is 18.7. The molecule has 8 heteroatoms. The van der Waals surface area contributed by atoms with Gasteiger partial charge in [0.25, 0.3) is 5.91 Å². The summed E-state index contributed by atoms with van der Waals surface area (Å²) in [6.45, 7) is 4.30. The van der Waals surface area contributed by atoms with Gasteiger partial charge in [0.05, 0.1) is 23.4 Å². The van der Waals surface area contributed by atoms with Crippen molar-refractivity contribution in [1.82, 2.24) is 15.0 Å². The average Bonchev–Trinajstić information content (AvgIpc) is 3.16. The van der Waals surface area contributed by atoms with Crippen LogP contribution in [0, 0.1) is 0 Å². The number of hydrogen-bond acceptors (Lipinski definition) is 4. The minimum absolute atomic E-state index is 0.244. The van der Waals surface area contributed by atoms with E-state index >= 15 is 0 Å². The normalized spacial score (nSPS) is 11.2. The maximum atomic E-state index is 12.8. The number of aromatic nitrogens is 3. The number of carbonyl (C=O) groups is 1. The number of benzene rings is 3. The highest BCUT2D eigenvalue weighted by Crippen LogP contribution is 2.32. The van der Waals surface area contributed by atoms with Gasteiger partial charge in [-0.05, 0) is 53.9 Å². The molecular weight excluding hydrogens is 435 g/mol. The van der Waals surface area contributed by atoms with Crippen molar-refractivity contribution in [2.75, 3.05) is 12.4 Å². The largest absolute Gasteiger partial charge is 0.494 e. The van der Waals surface area contributed by atoms with E-state index in [1.54, 1.807) is 23.0 Å². The Bertz CT molecular complexity index is 1270. The van der Waals surface area contributed by atoms with Crippen molar-refractivity contribution < 1.29 is 9.53 Å². The quantitative estimate of drug-likeness (QED) is 0.394. The van der Waals surface area contributed by atoms with Crippen molar-refractivity contribution in [3.05, 3.63) is 75.8 Å². The third kappa shape index (κ3) is 4.36. The monoisotopic (exact) mass is 454 g/mol. The summed E-state index contributed by atoms with van der Waals surface area (Å²) in [6, 6.07) is 16.5. The molecule has 0 radical (unpaired) electrons. The average molecular weight is 455 g/mol. The molecule has 0 bridgehead atoms. The Labute approximate surface area is 189 Å². The van der Waals surface area contributed by atoms with Crippen LogP contribution in [0.15, 0.2) is 54.6 Å². The second-order valence-corrected chi connectivity index (χ2v) is 8.21. The third-order valence-corrected chi connectivity index (χ3v) is 5.38. The molecule has 1 aromatic heterocycles. The van der Waals surface area contributed by atoms with E-state index in [1.165, 1.54) is 24.8 Å². The van der Waals surface area contributed by atoms with Crippen molar-refractivity contribution >= 4 is 45.8 Å². The van der Waals surface area contributed by atoms with Crippen LogP contribution in [0.3, 0.4) is 0 Å². The van der Waals surface area contributed by atoms with E-state index in [4.69, 9.17) is 27.9 Å². The molecule has 0 atom stereocenters. The molecule has 158 valence electrons. The molecule has 0 aliphatic heterocycles. The first kappa shape index (κ1) is 21.2. The molecule has 3 aromatic carbocycles. The van der Waals surface area contributed by atoms with E-state index in [0.29, 0.717) is 27.7 Å². The van der Waals surface area contributed by atoms with Gasteiger partial charge in [0.1, 0.15) is 16.8 Å². The molecule has 1 amide bonds. The minimum atomic E-state index is -0.391. The topological polar surface area (TPSA) is 69.0 Å². The lowest BCUT2D eigenvalue weighted by atomic mass is 10.0. The fraction of sp³-hybridized carbons (Fsp3) is 0.174. The number of carbonyl (C=O) groups excluding carboxylic acids is 1. The molecule has 1 N–H and O–H groups in total. The third-order valence-electron chi connectivity index (χ3n) is 4.89. The summed E-state index contributed by atoms with van der Waals surface area (Å²) < 4.78 is 5.26. The van der Waals surface area contributed by atoms with Crippen LogP contribution in [0.4, 0.5) is 5.69 Å². The highest BCUT2D eigenvalue weighted by atomic mass is 35.5. The van der Waals surface area contributed by atoms with Gasteiger partial charge in [0, 0.05) is 10.7 Å². The fourth-order valence-electron chi connectivity index (χ4n) is 3.24. The SMILES string of the molecule is COc1c(Cl)cc(Cl)cc1C(=O)Nc1ccc2nn(-c3ccc(C(C)C)cc3)nc2c1. The van der Waals surface area contributed by atoms with Crippen molar-refractivity contribution in [2.45, 2.75) is 19.8 Å². The van der Waals surface area contributed by atoms with Gasteiger partial charge in [-0.1, -0.05) is 49.2 Å². The van der Waals surface area contributed by atoms with Crippen LogP contribution in [-0.2, 0) is 0 Å². The van der Waals surface area contributed by atoms with Crippen molar-refractivity contribution in [1.29, 1.82) is 0 Å². The van der Waals surface area contributed by atoms with Crippen LogP contribution in [0.5, 0.6) is 5.75 Å². The zero-order valence-electron chi connectivity index (χ0n) is 17.2.